The van der Waals surface area contributed by atoms with Crippen molar-refractivity contribution in [2.75, 3.05) is 14.2 Å². The van der Waals surface area contributed by atoms with E-state index in [0.717, 1.165) is 35.5 Å². The maximum absolute atomic E-state index is 5.65. The molecule has 0 fully saturated rings. The summed E-state index contributed by atoms with van der Waals surface area (Å²) in [6, 6.07) is 5.69. The molecular formula is C14H22N2O2. The van der Waals surface area contributed by atoms with Gasteiger partial charge in [-0.3, -0.25) is 11.3 Å². The summed E-state index contributed by atoms with van der Waals surface area (Å²) >= 11 is 0. The monoisotopic (exact) mass is 250 g/mol. The van der Waals surface area contributed by atoms with E-state index in [0.29, 0.717) is 0 Å². The molecule has 0 amide bonds. The predicted octanol–water partition coefficient (Wildman–Crippen LogP) is 2.56. The molecule has 0 spiro atoms. The van der Waals surface area contributed by atoms with Crippen molar-refractivity contribution in [3.8, 4) is 11.5 Å². The van der Waals surface area contributed by atoms with Crippen LogP contribution in [0.15, 0.2) is 30.4 Å². The van der Waals surface area contributed by atoms with Crippen LogP contribution in [0.1, 0.15) is 31.4 Å². The van der Waals surface area contributed by atoms with Crippen LogP contribution in [0.25, 0.3) is 0 Å². The molecule has 0 saturated carbocycles. The Bertz CT molecular complexity index is 383. The summed E-state index contributed by atoms with van der Waals surface area (Å²) in [7, 11) is 3.29. The predicted molar refractivity (Wildman–Crippen MR) is 73.7 cm³/mol. The Hall–Kier alpha value is -1.52. The Morgan fingerprint density at radius 3 is 2.28 bits per heavy atom. The summed E-state index contributed by atoms with van der Waals surface area (Å²) in [5.74, 6) is 7.20. The fourth-order valence-corrected chi connectivity index (χ4v) is 1.93. The van der Waals surface area contributed by atoms with Crippen molar-refractivity contribution >= 4 is 0 Å². The second-order valence-corrected chi connectivity index (χ2v) is 4.29. The molecule has 0 aliphatic heterocycles. The van der Waals surface area contributed by atoms with Crippen molar-refractivity contribution in [3.05, 3.63) is 35.9 Å². The summed E-state index contributed by atoms with van der Waals surface area (Å²) in [4.78, 5) is 0. The van der Waals surface area contributed by atoms with Crippen molar-refractivity contribution in [3.63, 3.8) is 0 Å². The number of rotatable bonds is 7. The zero-order valence-electron chi connectivity index (χ0n) is 11.3. The highest BCUT2D eigenvalue weighted by molar-refractivity contribution is 5.47. The first-order valence-corrected chi connectivity index (χ1v) is 5.95. The van der Waals surface area contributed by atoms with Crippen LogP contribution in [-0.2, 0) is 0 Å². The van der Waals surface area contributed by atoms with Gasteiger partial charge >= 0.3 is 0 Å². The van der Waals surface area contributed by atoms with Crippen LogP contribution in [0.2, 0.25) is 0 Å². The van der Waals surface area contributed by atoms with Crippen molar-refractivity contribution in [2.24, 2.45) is 5.84 Å². The largest absolute Gasteiger partial charge is 0.496 e. The summed E-state index contributed by atoms with van der Waals surface area (Å²) in [6.07, 6.45) is 1.75. The maximum atomic E-state index is 5.65. The lowest BCUT2D eigenvalue weighted by Gasteiger charge is -2.21. The number of benzene rings is 1. The number of hydrogen-bond acceptors (Lipinski definition) is 4. The molecule has 0 saturated heterocycles. The van der Waals surface area contributed by atoms with Gasteiger partial charge in [0.1, 0.15) is 11.5 Å². The molecule has 1 unspecified atom stereocenters. The molecule has 0 bridgehead atoms. The average Bonchev–Trinajstić information content (AvgIpc) is 2.39. The van der Waals surface area contributed by atoms with Crippen molar-refractivity contribution in [1.29, 1.82) is 0 Å². The van der Waals surface area contributed by atoms with Crippen molar-refractivity contribution < 1.29 is 9.47 Å². The van der Waals surface area contributed by atoms with Crippen LogP contribution in [0.5, 0.6) is 11.5 Å². The first-order chi connectivity index (χ1) is 8.63. The van der Waals surface area contributed by atoms with E-state index in [2.05, 4.69) is 12.0 Å². The molecular weight excluding hydrogens is 228 g/mol. The minimum absolute atomic E-state index is 0.0206. The second-order valence-electron chi connectivity index (χ2n) is 4.29. The Morgan fingerprint density at radius 2 is 1.89 bits per heavy atom. The molecule has 0 aromatic heterocycles. The maximum Gasteiger partial charge on any atom is 0.127 e. The van der Waals surface area contributed by atoms with E-state index < -0.39 is 0 Å². The summed E-state index contributed by atoms with van der Waals surface area (Å²) in [5, 5.41) is 0. The van der Waals surface area contributed by atoms with Gasteiger partial charge in [-0.15, -0.1) is 6.58 Å². The fourth-order valence-electron chi connectivity index (χ4n) is 1.93. The molecule has 1 aromatic rings. The van der Waals surface area contributed by atoms with Crippen LogP contribution in [-0.4, -0.2) is 14.2 Å². The Kier molecular flexibility index (Phi) is 5.68. The number of hydrazine groups is 1. The van der Waals surface area contributed by atoms with Crippen LogP contribution in [0.3, 0.4) is 0 Å². The highest BCUT2D eigenvalue weighted by atomic mass is 16.5. The molecule has 1 rings (SSSR count). The molecule has 4 heteroatoms. The lowest BCUT2D eigenvalue weighted by molar-refractivity contribution is 0.367. The average molecular weight is 250 g/mol. The number of methoxy groups -OCH3 is 2. The van der Waals surface area contributed by atoms with Crippen molar-refractivity contribution in [2.45, 2.75) is 25.8 Å². The number of allylic oxidation sites excluding steroid dienone is 1. The molecule has 0 heterocycles. The van der Waals surface area contributed by atoms with Gasteiger partial charge in [0.25, 0.3) is 0 Å². The highest BCUT2D eigenvalue weighted by Gasteiger charge is 2.19. The lowest BCUT2D eigenvalue weighted by atomic mass is 9.98. The van der Waals surface area contributed by atoms with E-state index in [9.17, 15) is 0 Å². The van der Waals surface area contributed by atoms with Gasteiger partial charge in [0.2, 0.25) is 0 Å². The zero-order chi connectivity index (χ0) is 13.5. The third-order valence-corrected chi connectivity index (χ3v) is 2.88. The number of nitrogens with two attached hydrogens (primary N) is 1. The molecule has 18 heavy (non-hydrogen) atoms. The first-order valence-electron chi connectivity index (χ1n) is 5.95. The normalized spacial score (nSPS) is 12.0. The topological polar surface area (TPSA) is 56.5 Å². The minimum atomic E-state index is -0.0206. The smallest absolute Gasteiger partial charge is 0.127 e. The van der Waals surface area contributed by atoms with E-state index in [4.69, 9.17) is 15.3 Å². The minimum Gasteiger partial charge on any atom is -0.496 e. The number of ether oxygens (including phenoxy) is 2. The first kappa shape index (κ1) is 14.5. The Balaban J connectivity index is 3.05. The van der Waals surface area contributed by atoms with E-state index in [1.54, 1.807) is 14.2 Å². The van der Waals surface area contributed by atoms with E-state index >= 15 is 0 Å². The lowest BCUT2D eigenvalue weighted by Crippen LogP contribution is -2.28. The second kappa shape index (κ2) is 7.03. The van der Waals surface area contributed by atoms with Crippen LogP contribution in [0.4, 0.5) is 0 Å². The summed E-state index contributed by atoms with van der Waals surface area (Å²) < 4.78 is 10.8. The van der Waals surface area contributed by atoms with Crippen molar-refractivity contribution in [1.82, 2.24) is 5.43 Å². The van der Waals surface area contributed by atoms with Gasteiger partial charge in [-0.1, -0.05) is 11.6 Å². The standard InChI is InChI=1S/C14H22N2O2/c1-10(2)8-9-11(16-15)14-12(17-3)6-5-7-13(14)18-4/h5-7,11,16H,1,8-9,15H2,2-4H3. The fraction of sp³-hybridized carbons (Fsp3) is 0.429. The number of nitrogens with one attached hydrogen (secondary N) is 1. The van der Waals surface area contributed by atoms with Crippen LogP contribution < -0.4 is 20.7 Å². The third kappa shape index (κ3) is 3.48. The molecule has 0 aliphatic rings. The molecule has 4 nitrogen and oxygen atoms in total. The number of hydrogen-bond donors (Lipinski definition) is 2. The van der Waals surface area contributed by atoms with E-state index in [1.165, 1.54) is 0 Å². The van der Waals surface area contributed by atoms with Gasteiger partial charge in [-0.25, -0.2) is 0 Å². The molecule has 1 atom stereocenters. The van der Waals surface area contributed by atoms with Gasteiger partial charge in [0.05, 0.1) is 25.8 Å². The highest BCUT2D eigenvalue weighted by Crippen LogP contribution is 2.36. The third-order valence-electron chi connectivity index (χ3n) is 2.88. The summed E-state index contributed by atoms with van der Waals surface area (Å²) in [5.41, 5.74) is 4.90. The van der Waals surface area contributed by atoms with Gasteiger partial charge < -0.3 is 9.47 Å². The molecule has 100 valence electrons. The quantitative estimate of drug-likeness (QED) is 0.443. The van der Waals surface area contributed by atoms with Gasteiger partial charge in [-0.05, 0) is 31.9 Å². The Labute approximate surface area is 109 Å². The van der Waals surface area contributed by atoms with Gasteiger partial charge in [0.15, 0.2) is 0 Å². The van der Waals surface area contributed by atoms with E-state index in [-0.39, 0.29) is 6.04 Å². The SMILES string of the molecule is C=C(C)CCC(NN)c1c(OC)cccc1OC. The Morgan fingerprint density at radius 1 is 1.33 bits per heavy atom. The van der Waals surface area contributed by atoms with Gasteiger partial charge in [-0.2, -0.15) is 0 Å². The zero-order valence-corrected chi connectivity index (χ0v) is 11.3. The summed E-state index contributed by atoms with van der Waals surface area (Å²) in [6.45, 7) is 5.92. The molecule has 0 radical (unpaired) electrons. The molecule has 3 N–H and O–H groups in total. The van der Waals surface area contributed by atoms with Crippen LogP contribution >= 0.6 is 0 Å². The van der Waals surface area contributed by atoms with Crippen LogP contribution in [0, 0.1) is 0 Å². The molecule has 0 aliphatic carbocycles. The molecule has 1 aromatic carbocycles. The van der Waals surface area contributed by atoms with Gasteiger partial charge in [0, 0.05) is 0 Å². The van der Waals surface area contributed by atoms with E-state index in [1.807, 2.05) is 25.1 Å².